The van der Waals surface area contributed by atoms with E-state index in [0.29, 0.717) is 0 Å². The molecule has 0 aliphatic heterocycles. The molecule has 0 amide bonds. The zero-order valence-electron chi connectivity index (χ0n) is 24.0. The van der Waals surface area contributed by atoms with Gasteiger partial charge in [0.15, 0.2) is 0 Å². The van der Waals surface area contributed by atoms with E-state index in [-0.39, 0.29) is 0 Å². The molecule has 0 radical (unpaired) electrons. The van der Waals surface area contributed by atoms with Gasteiger partial charge in [0.05, 0.1) is 11.4 Å². The number of hydrogen-bond donors (Lipinski definition) is 0. The minimum Gasteiger partial charge on any atom is -0.309 e. The second kappa shape index (κ2) is 12.4. The van der Waals surface area contributed by atoms with Crippen LogP contribution in [-0.4, -0.2) is 0 Å². The zero-order chi connectivity index (χ0) is 30.0. The van der Waals surface area contributed by atoms with Gasteiger partial charge in [-0.25, -0.2) is 0 Å². The number of aryl methyl sites for hydroxylation is 1. The van der Waals surface area contributed by atoms with Crippen molar-refractivity contribution >= 4 is 87.4 Å². The Morgan fingerprint density at radius 1 is 0.477 bits per heavy atom. The lowest BCUT2D eigenvalue weighted by atomic mass is 10.0. The highest BCUT2D eigenvalue weighted by molar-refractivity contribution is 9.11. The van der Waals surface area contributed by atoms with Crippen LogP contribution in [0.4, 0.5) is 34.1 Å². The summed E-state index contributed by atoms with van der Waals surface area (Å²) in [5.41, 5.74) is 10.3. The second-order valence-electron chi connectivity index (χ2n) is 10.6. The van der Waals surface area contributed by atoms with Crippen molar-refractivity contribution in [2.24, 2.45) is 0 Å². The molecule has 0 saturated heterocycles. The Labute approximate surface area is 279 Å². The Balaban J connectivity index is 1.36. The van der Waals surface area contributed by atoms with Crippen LogP contribution in [0.3, 0.4) is 0 Å². The van der Waals surface area contributed by atoms with Gasteiger partial charge in [-0.15, -0.1) is 11.3 Å². The molecule has 5 heteroatoms. The molecule has 0 fully saturated rings. The molecule has 0 bridgehead atoms. The van der Waals surface area contributed by atoms with E-state index in [1.807, 2.05) is 0 Å². The van der Waals surface area contributed by atoms with Crippen molar-refractivity contribution in [3.05, 3.63) is 165 Å². The van der Waals surface area contributed by atoms with Gasteiger partial charge in [-0.1, -0.05) is 94.8 Å². The van der Waals surface area contributed by atoms with Crippen LogP contribution < -0.4 is 9.80 Å². The Hall–Kier alpha value is -4.16. The third kappa shape index (κ3) is 5.59. The molecule has 7 aromatic rings. The maximum atomic E-state index is 3.81. The van der Waals surface area contributed by atoms with Gasteiger partial charge in [0.25, 0.3) is 0 Å². The lowest BCUT2D eigenvalue weighted by Crippen LogP contribution is -2.13. The average molecular weight is 717 g/mol. The smallest absolute Gasteiger partial charge is 0.0647 e. The van der Waals surface area contributed by atoms with Crippen LogP contribution in [0.5, 0.6) is 0 Å². The van der Waals surface area contributed by atoms with Gasteiger partial charge in [0.2, 0.25) is 0 Å². The van der Waals surface area contributed by atoms with Crippen LogP contribution in [0, 0.1) is 6.92 Å². The summed E-state index contributed by atoms with van der Waals surface area (Å²) in [6.07, 6.45) is 0. The first-order valence-corrected chi connectivity index (χ1v) is 16.9. The van der Waals surface area contributed by atoms with Crippen molar-refractivity contribution in [2.75, 3.05) is 9.80 Å². The number of nitrogens with zero attached hydrogens (tertiary/aromatic N) is 2. The summed E-state index contributed by atoms with van der Waals surface area (Å²) in [6, 6.07) is 51.7. The fourth-order valence-electron chi connectivity index (χ4n) is 5.55. The highest BCUT2D eigenvalue weighted by Gasteiger charge is 2.20. The fraction of sp³-hybridized carbons (Fsp3) is 0.0256. The number of hydrogen-bond acceptors (Lipinski definition) is 3. The van der Waals surface area contributed by atoms with Crippen molar-refractivity contribution in [1.82, 2.24) is 0 Å². The molecule has 0 saturated carbocycles. The molecule has 0 N–H and O–H groups in total. The van der Waals surface area contributed by atoms with E-state index >= 15 is 0 Å². The lowest BCUT2D eigenvalue weighted by molar-refractivity contribution is 1.25. The zero-order valence-corrected chi connectivity index (χ0v) is 28.0. The summed E-state index contributed by atoms with van der Waals surface area (Å²) >= 11 is 9.30. The van der Waals surface area contributed by atoms with E-state index in [0.717, 1.165) is 43.1 Å². The monoisotopic (exact) mass is 714 g/mol. The first-order chi connectivity index (χ1) is 21.6. The molecule has 0 unspecified atom stereocenters. The normalized spacial score (nSPS) is 11.1. The highest BCUT2D eigenvalue weighted by Crippen LogP contribution is 2.45. The molecule has 1 aromatic heterocycles. The molecule has 2 nitrogen and oxygen atoms in total. The van der Waals surface area contributed by atoms with Gasteiger partial charge < -0.3 is 9.80 Å². The molecule has 0 aliphatic rings. The number of anilines is 6. The van der Waals surface area contributed by atoms with Crippen LogP contribution in [0.1, 0.15) is 5.56 Å². The van der Waals surface area contributed by atoms with Crippen LogP contribution in [0.15, 0.2) is 160 Å². The van der Waals surface area contributed by atoms with Crippen molar-refractivity contribution in [3.63, 3.8) is 0 Å². The predicted molar refractivity (Wildman–Crippen MR) is 197 cm³/mol. The minimum absolute atomic E-state index is 1.04. The van der Waals surface area contributed by atoms with Gasteiger partial charge in [-0.3, -0.25) is 0 Å². The fourth-order valence-corrected chi connectivity index (χ4v) is 7.36. The van der Waals surface area contributed by atoms with Crippen LogP contribution >= 0.6 is 43.2 Å². The van der Waals surface area contributed by atoms with E-state index in [2.05, 4.69) is 200 Å². The maximum Gasteiger partial charge on any atom is 0.0647 e. The molecular formula is C39H28Br2N2S. The predicted octanol–water partition coefficient (Wildman–Crippen LogP) is 13.3. The maximum absolute atomic E-state index is 3.81. The molecule has 0 atom stereocenters. The molecular weight excluding hydrogens is 688 g/mol. The quantitative estimate of drug-likeness (QED) is 0.162. The van der Waals surface area contributed by atoms with Gasteiger partial charge in [0.1, 0.15) is 0 Å². The van der Waals surface area contributed by atoms with Crippen molar-refractivity contribution < 1.29 is 0 Å². The van der Waals surface area contributed by atoms with E-state index in [9.17, 15) is 0 Å². The molecule has 6 aromatic carbocycles. The molecule has 0 spiro atoms. The SMILES string of the molecule is Cc1ccc(-c2ccc3c(N(c4ccccc4)c4cccc(N(c5ccccc5)c5ccccc5Br)c4)csc3c2)cc1Br. The minimum atomic E-state index is 1.04. The summed E-state index contributed by atoms with van der Waals surface area (Å²) in [5, 5.41) is 3.51. The van der Waals surface area contributed by atoms with E-state index in [1.165, 1.54) is 26.8 Å². The van der Waals surface area contributed by atoms with Gasteiger partial charge in [-0.2, -0.15) is 0 Å². The summed E-state index contributed by atoms with van der Waals surface area (Å²) in [4.78, 5) is 4.67. The first kappa shape index (κ1) is 28.6. The summed E-state index contributed by atoms with van der Waals surface area (Å²) in [6.45, 7) is 2.12. The topological polar surface area (TPSA) is 6.48 Å². The van der Waals surface area contributed by atoms with Crippen LogP contribution in [0.25, 0.3) is 21.2 Å². The third-order valence-electron chi connectivity index (χ3n) is 7.77. The standard InChI is InChI=1S/C39H28Br2N2S/c1-27-19-20-28(23-36(27)41)29-21-22-34-38(26-44-39(34)24-29)43(31-13-6-3-7-14-31)33-16-10-15-32(25-33)42(30-11-4-2-5-12-30)37-18-9-8-17-35(37)40/h2-26H,1H3. The number of para-hydroxylation sites is 3. The van der Waals surface area contributed by atoms with Gasteiger partial charge in [-0.05, 0) is 106 Å². The first-order valence-electron chi connectivity index (χ1n) is 14.4. The molecule has 214 valence electrons. The lowest BCUT2D eigenvalue weighted by Gasteiger charge is -2.29. The van der Waals surface area contributed by atoms with Crippen LogP contribution in [-0.2, 0) is 0 Å². The van der Waals surface area contributed by atoms with Gasteiger partial charge >= 0.3 is 0 Å². The Bertz CT molecular complexity index is 2070. The highest BCUT2D eigenvalue weighted by atomic mass is 79.9. The number of halogens is 2. The van der Waals surface area contributed by atoms with Crippen LogP contribution in [0.2, 0.25) is 0 Å². The molecule has 44 heavy (non-hydrogen) atoms. The molecule has 1 heterocycles. The summed E-state index contributed by atoms with van der Waals surface area (Å²) in [5.74, 6) is 0. The van der Waals surface area contributed by atoms with E-state index in [4.69, 9.17) is 0 Å². The number of thiophene rings is 1. The number of fused-ring (bicyclic) bond motifs is 1. The average Bonchev–Trinajstić information content (AvgIpc) is 3.48. The summed E-state index contributed by atoms with van der Waals surface area (Å²) in [7, 11) is 0. The van der Waals surface area contributed by atoms with E-state index in [1.54, 1.807) is 11.3 Å². The largest absolute Gasteiger partial charge is 0.309 e. The molecule has 0 aliphatic carbocycles. The van der Waals surface area contributed by atoms with Crippen molar-refractivity contribution in [1.29, 1.82) is 0 Å². The summed E-state index contributed by atoms with van der Waals surface area (Å²) < 4.78 is 3.42. The Morgan fingerprint density at radius 3 is 1.70 bits per heavy atom. The number of rotatable bonds is 7. The number of benzene rings is 6. The third-order valence-corrected chi connectivity index (χ3v) is 10.2. The molecule has 7 rings (SSSR count). The second-order valence-corrected chi connectivity index (χ2v) is 13.2. The Kier molecular flexibility index (Phi) is 8.09. The van der Waals surface area contributed by atoms with Crippen molar-refractivity contribution in [2.45, 2.75) is 6.92 Å². The van der Waals surface area contributed by atoms with E-state index < -0.39 is 0 Å². The van der Waals surface area contributed by atoms with Crippen molar-refractivity contribution in [3.8, 4) is 11.1 Å². The van der Waals surface area contributed by atoms with Gasteiger partial charge in [0, 0.05) is 47.2 Å². The Morgan fingerprint density at radius 2 is 1.05 bits per heavy atom.